The van der Waals surface area contributed by atoms with Crippen LogP contribution in [0.15, 0.2) is 97.5 Å². The summed E-state index contributed by atoms with van der Waals surface area (Å²) in [5, 5.41) is 66.1. The van der Waals surface area contributed by atoms with Crippen LogP contribution < -0.4 is 70.0 Å². The van der Waals surface area contributed by atoms with Gasteiger partial charge in [0.25, 0.3) is 0 Å². The Labute approximate surface area is 536 Å². The molecule has 94 heavy (non-hydrogen) atoms. The first-order chi connectivity index (χ1) is 44.5. The normalized spacial score (nSPS) is 15.6. The number of aromatic amines is 1. The number of nitrogens with two attached hydrogens (primary N) is 2. The molecule has 2 heterocycles. The number of imidazole rings is 1. The zero-order chi connectivity index (χ0) is 69.2. The van der Waals surface area contributed by atoms with Gasteiger partial charge in [-0.15, -0.1) is 0 Å². The van der Waals surface area contributed by atoms with E-state index in [4.69, 9.17) is 11.5 Å². The van der Waals surface area contributed by atoms with Crippen LogP contribution in [0.5, 0.6) is 5.75 Å². The van der Waals surface area contributed by atoms with E-state index in [1.807, 2.05) is 0 Å². The molecule has 0 radical (unpaired) electrons. The third-order valence-electron chi connectivity index (χ3n) is 14.4. The summed E-state index contributed by atoms with van der Waals surface area (Å²) in [5.41, 5.74) is 12.5. The van der Waals surface area contributed by atoms with Crippen LogP contribution in [0.25, 0.3) is 0 Å². The molecule has 1 aliphatic heterocycles. The predicted molar refractivity (Wildman–Crippen MR) is 325 cm³/mol. The van der Waals surface area contributed by atoms with Gasteiger partial charge in [0.05, 0.1) is 31.8 Å². The average Bonchev–Trinajstić information content (AvgIpc) is 1.48. The van der Waals surface area contributed by atoms with Gasteiger partial charge in [-0.2, -0.15) is 0 Å². The lowest BCUT2D eigenvalue weighted by Crippen LogP contribution is -2.61. The van der Waals surface area contributed by atoms with Gasteiger partial charge in [0.1, 0.15) is 66.2 Å². The van der Waals surface area contributed by atoms with Gasteiger partial charge in [-0.05, 0) is 55.5 Å². The molecule has 5 rings (SSSR count). The van der Waals surface area contributed by atoms with Crippen LogP contribution in [-0.2, 0) is 97.6 Å². The van der Waals surface area contributed by atoms with Gasteiger partial charge in [-0.3, -0.25) is 71.9 Å². The standard InChI is InChI=1S/C60H75N15O19/c1-30(52(86)70-42(24-35-27-63-29-65-35)56(90)71-40(22-33-11-7-4-8-12-33)55(89)74-43(25-48(81)82)57(91)69-39(51(62)85)21-32-9-5-3-6-10-32)66-47(80)28-64-60(94)50(31(2)76)75-59(93)41(23-34-13-15-36(77)16-14-34)72-58(92)44(26-49(83)84)73-54(88)38(17-19-45(61)78)68-53(87)37-18-20-46(79)67-37/h3-16,27,29-31,37-44,50,76-77H,17-26,28H2,1-2H3,(H2,61,78)(H2,62,85)(H,63,65)(H,64,94)(H,66,80)(H,67,79)(H,68,87)(H,69,91)(H,70,86)(H,71,90)(H,72,92)(H,73,88)(H,74,89)(H,75,93)(H,81,82)(H,83,84)/t30-,31+,37-,38-,39-,40-,41-,42-,43-,44-,50-/m0/s1. The molecule has 1 aliphatic rings. The van der Waals surface area contributed by atoms with Crippen molar-refractivity contribution >= 4 is 88.7 Å². The van der Waals surface area contributed by atoms with Gasteiger partial charge in [0.15, 0.2) is 0 Å². The summed E-state index contributed by atoms with van der Waals surface area (Å²) >= 11 is 0. The van der Waals surface area contributed by atoms with Crippen molar-refractivity contribution in [1.82, 2.24) is 68.5 Å². The van der Waals surface area contributed by atoms with Gasteiger partial charge < -0.3 is 95.4 Å². The number of primary amides is 2. The summed E-state index contributed by atoms with van der Waals surface area (Å²) in [6, 6.07) is 5.73. The number of carbonyl (C=O) groups excluding carboxylic acids is 13. The Bertz CT molecular complexity index is 3370. The minimum atomic E-state index is -1.99. The Balaban J connectivity index is 1.26. The molecule has 3 aromatic carbocycles. The van der Waals surface area contributed by atoms with Crippen LogP contribution in [0.3, 0.4) is 0 Å². The SMILES string of the molecule is C[C@H](NC(=O)CNC(=O)[C@@H](NC(=O)[C@H](Cc1ccc(O)cc1)NC(=O)[C@H](CC(=O)O)NC(=O)[C@H](CCC(N)=O)NC(=O)[C@@H]1CCC(=O)N1)[C@@H](C)O)C(=O)N[C@@H](Cc1cnc[nH]1)C(=O)N[C@@H](Cc1ccccc1)C(=O)N[C@@H](CC(=O)O)C(=O)N[C@@H](Cc1ccccc1)C(N)=O. The molecule has 0 saturated carbocycles. The Hall–Kier alpha value is -11.3. The van der Waals surface area contributed by atoms with Crippen LogP contribution in [0, 0.1) is 0 Å². The fourth-order valence-electron chi connectivity index (χ4n) is 9.39. The Morgan fingerprint density at radius 3 is 1.48 bits per heavy atom. The van der Waals surface area contributed by atoms with E-state index in [2.05, 4.69) is 68.5 Å². The highest BCUT2D eigenvalue weighted by atomic mass is 16.4. The maximum Gasteiger partial charge on any atom is 0.305 e. The minimum Gasteiger partial charge on any atom is -0.508 e. The molecule has 0 aliphatic carbocycles. The number of phenolic OH excluding ortho intramolecular Hbond substituents is 1. The fourth-order valence-corrected chi connectivity index (χ4v) is 9.39. The molecule has 20 N–H and O–H groups in total. The smallest absolute Gasteiger partial charge is 0.305 e. The van der Waals surface area contributed by atoms with Crippen LogP contribution in [0.2, 0.25) is 0 Å². The number of hydrogen-bond donors (Lipinski definition) is 18. The monoisotopic (exact) mass is 1310 g/mol. The van der Waals surface area contributed by atoms with Crippen LogP contribution >= 0.6 is 0 Å². The Kier molecular flexibility index (Phi) is 28.0. The van der Waals surface area contributed by atoms with Gasteiger partial charge >= 0.3 is 11.9 Å². The van der Waals surface area contributed by atoms with Gasteiger partial charge in [0.2, 0.25) is 76.8 Å². The van der Waals surface area contributed by atoms with Crippen molar-refractivity contribution in [3.8, 4) is 5.75 Å². The summed E-state index contributed by atoms with van der Waals surface area (Å²) in [4.78, 5) is 204. The van der Waals surface area contributed by atoms with Crippen molar-refractivity contribution in [3.63, 3.8) is 0 Å². The summed E-state index contributed by atoms with van der Waals surface area (Å²) in [5.74, 6) is -16.5. The number of aromatic hydroxyl groups is 1. The maximum atomic E-state index is 14.3. The van der Waals surface area contributed by atoms with Crippen molar-refractivity contribution in [2.45, 2.75) is 145 Å². The number of carbonyl (C=O) groups is 15. The first-order valence-corrected chi connectivity index (χ1v) is 29.4. The number of rotatable bonds is 37. The number of nitrogens with zero attached hydrogens (tertiary/aromatic N) is 1. The fraction of sp³-hybridized carbons (Fsp3) is 0.400. The number of carboxylic acid groups (broad SMARTS) is 2. The number of aromatic nitrogens is 2. The molecule has 1 aromatic heterocycles. The third kappa shape index (κ3) is 24.5. The zero-order valence-corrected chi connectivity index (χ0v) is 50.9. The topological polar surface area (TPSA) is 550 Å². The quantitative estimate of drug-likeness (QED) is 0.0200. The highest BCUT2D eigenvalue weighted by molar-refractivity contribution is 6.00. The lowest BCUT2D eigenvalue weighted by Gasteiger charge is -2.27. The van der Waals surface area contributed by atoms with E-state index < -0.39 is 194 Å². The molecule has 34 heteroatoms. The van der Waals surface area contributed by atoms with E-state index in [0.717, 1.165) is 6.92 Å². The first kappa shape index (κ1) is 73.4. The van der Waals surface area contributed by atoms with Gasteiger partial charge in [0, 0.05) is 50.4 Å². The summed E-state index contributed by atoms with van der Waals surface area (Å²) in [6.07, 6.45) is -3.09. The third-order valence-corrected chi connectivity index (χ3v) is 14.4. The van der Waals surface area contributed by atoms with Crippen LogP contribution in [-0.4, -0.2) is 192 Å². The number of aliphatic hydroxyl groups excluding tert-OH is 1. The van der Waals surface area contributed by atoms with Crippen molar-refractivity contribution in [1.29, 1.82) is 0 Å². The highest BCUT2D eigenvalue weighted by Crippen LogP contribution is 2.15. The second-order valence-electron chi connectivity index (χ2n) is 22.0. The highest BCUT2D eigenvalue weighted by Gasteiger charge is 2.37. The summed E-state index contributed by atoms with van der Waals surface area (Å²) < 4.78 is 0. The lowest BCUT2D eigenvalue weighted by atomic mass is 10.0. The van der Waals surface area contributed by atoms with Crippen molar-refractivity contribution in [3.05, 3.63) is 120 Å². The molecule has 13 amide bonds. The second-order valence-corrected chi connectivity index (χ2v) is 22.0. The number of amides is 13. The van der Waals surface area contributed by atoms with Crippen molar-refractivity contribution < 1.29 is 92.3 Å². The number of nitrogens with one attached hydrogen (secondary N) is 12. The molecule has 1 saturated heterocycles. The zero-order valence-electron chi connectivity index (χ0n) is 50.9. The maximum absolute atomic E-state index is 14.3. The number of benzene rings is 3. The molecule has 1 fully saturated rings. The molecule has 0 spiro atoms. The van der Waals surface area contributed by atoms with Crippen LogP contribution in [0.4, 0.5) is 0 Å². The predicted octanol–water partition coefficient (Wildman–Crippen LogP) is -5.76. The number of H-pyrrole nitrogens is 1. The van der Waals surface area contributed by atoms with Gasteiger partial charge in [-0.25, -0.2) is 4.98 Å². The first-order valence-electron chi connectivity index (χ1n) is 29.4. The molecule has 4 aromatic rings. The van der Waals surface area contributed by atoms with Crippen LogP contribution in [0.1, 0.15) is 74.8 Å². The van der Waals surface area contributed by atoms with E-state index >= 15 is 0 Å². The molecular formula is C60H75N15O19. The molecule has 504 valence electrons. The molecule has 0 bridgehead atoms. The number of aliphatic carboxylic acids is 2. The number of phenols is 1. The van der Waals surface area contributed by atoms with E-state index in [1.54, 1.807) is 60.7 Å². The summed E-state index contributed by atoms with van der Waals surface area (Å²) in [6.45, 7) is 1.37. The Morgan fingerprint density at radius 1 is 0.553 bits per heavy atom. The summed E-state index contributed by atoms with van der Waals surface area (Å²) in [7, 11) is 0. The molecular weight excluding hydrogens is 1230 g/mol. The van der Waals surface area contributed by atoms with E-state index in [-0.39, 0.29) is 43.4 Å². The molecule has 0 unspecified atom stereocenters. The number of carboxylic acids is 2. The van der Waals surface area contributed by atoms with Crippen molar-refractivity contribution in [2.24, 2.45) is 11.5 Å². The van der Waals surface area contributed by atoms with E-state index in [1.165, 1.54) is 43.7 Å². The van der Waals surface area contributed by atoms with E-state index in [0.29, 0.717) is 16.8 Å². The lowest BCUT2D eigenvalue weighted by molar-refractivity contribution is -0.142. The Morgan fingerprint density at radius 2 is 1.01 bits per heavy atom. The van der Waals surface area contributed by atoms with Crippen molar-refractivity contribution in [2.75, 3.05) is 6.54 Å². The second kappa shape index (κ2) is 35.9. The number of aliphatic hydroxyl groups is 1. The van der Waals surface area contributed by atoms with Gasteiger partial charge in [-0.1, -0.05) is 72.8 Å². The largest absolute Gasteiger partial charge is 0.508 e. The number of hydrogen-bond acceptors (Lipinski definition) is 18. The molecule has 34 nitrogen and oxygen atoms in total. The average molecular weight is 1310 g/mol. The minimum absolute atomic E-state index is 0.00278. The van der Waals surface area contributed by atoms with E-state index in [9.17, 15) is 92.3 Å². The molecule has 11 atom stereocenters.